The van der Waals surface area contributed by atoms with Crippen molar-refractivity contribution in [2.75, 3.05) is 18.0 Å². The van der Waals surface area contributed by atoms with E-state index >= 15 is 0 Å². The van der Waals surface area contributed by atoms with Gasteiger partial charge in [0.25, 0.3) is 0 Å². The Hall–Kier alpha value is -1.17. The molecule has 1 saturated heterocycles. The minimum absolute atomic E-state index is 0.106. The van der Waals surface area contributed by atoms with Crippen LogP contribution in [0.25, 0.3) is 0 Å². The minimum atomic E-state index is -0.316. The predicted molar refractivity (Wildman–Crippen MR) is 63.5 cm³/mol. The summed E-state index contributed by atoms with van der Waals surface area (Å²) in [7, 11) is 0. The van der Waals surface area contributed by atoms with Gasteiger partial charge in [0.05, 0.1) is 6.04 Å². The first kappa shape index (κ1) is 11.3. The monoisotopic (exact) mass is 240 g/mol. The highest BCUT2D eigenvalue weighted by Gasteiger charge is 2.32. The van der Waals surface area contributed by atoms with Gasteiger partial charge in [0.2, 0.25) is 11.0 Å². The fourth-order valence-corrected chi connectivity index (χ4v) is 2.01. The third-order valence-electron chi connectivity index (χ3n) is 2.52. The highest BCUT2D eigenvalue weighted by atomic mass is 32.1. The number of hydrogen-bond donors (Lipinski definition) is 1. The first-order valence-corrected chi connectivity index (χ1v) is 6.17. The Kier molecular flexibility index (Phi) is 2.84. The van der Waals surface area contributed by atoms with E-state index in [1.165, 1.54) is 11.3 Å². The molecule has 1 aliphatic heterocycles. The van der Waals surface area contributed by atoms with E-state index in [0.717, 1.165) is 18.2 Å². The molecule has 88 valence electrons. The van der Waals surface area contributed by atoms with Crippen LogP contribution in [0.3, 0.4) is 0 Å². The molecule has 0 spiro atoms. The van der Waals surface area contributed by atoms with Gasteiger partial charge in [-0.3, -0.25) is 4.79 Å². The summed E-state index contributed by atoms with van der Waals surface area (Å²) in [5.74, 6) is 0.106. The number of aromatic nitrogens is 2. The van der Waals surface area contributed by atoms with Gasteiger partial charge in [0.15, 0.2) is 0 Å². The average Bonchev–Trinajstić information content (AvgIpc) is 2.60. The van der Waals surface area contributed by atoms with Crippen LogP contribution < -0.4 is 10.2 Å². The van der Waals surface area contributed by atoms with Crippen LogP contribution in [-0.4, -0.2) is 35.2 Å². The second-order valence-corrected chi connectivity index (χ2v) is 5.86. The predicted octanol–water partition coefficient (Wildman–Crippen LogP) is 0.889. The molecule has 0 atom stereocenters. The summed E-state index contributed by atoms with van der Waals surface area (Å²) in [5.41, 5.74) is 1.40. The summed E-state index contributed by atoms with van der Waals surface area (Å²) in [6.07, 6.45) is 0. The van der Waals surface area contributed by atoms with E-state index in [1.54, 1.807) is 5.51 Å². The molecule has 2 rings (SSSR count). The minimum Gasteiger partial charge on any atom is -0.349 e. The number of anilines is 1. The first-order valence-electron chi connectivity index (χ1n) is 5.29. The van der Waals surface area contributed by atoms with Gasteiger partial charge in [-0.1, -0.05) is 32.1 Å². The smallest absolute Gasteiger partial charge is 0.225 e. The quantitative estimate of drug-likeness (QED) is 0.834. The third-order valence-corrected chi connectivity index (χ3v) is 3.27. The molecule has 5 nitrogen and oxygen atoms in total. The summed E-state index contributed by atoms with van der Waals surface area (Å²) in [6, 6.07) is 0.246. The summed E-state index contributed by atoms with van der Waals surface area (Å²) in [6.45, 7) is 7.42. The molecule has 1 aromatic heterocycles. The van der Waals surface area contributed by atoms with Crippen molar-refractivity contribution in [1.82, 2.24) is 15.5 Å². The Morgan fingerprint density at radius 2 is 2.25 bits per heavy atom. The van der Waals surface area contributed by atoms with Gasteiger partial charge < -0.3 is 10.2 Å². The number of carbonyl (C=O) groups excluding carboxylic acids is 1. The first-order chi connectivity index (χ1) is 7.47. The van der Waals surface area contributed by atoms with Gasteiger partial charge in [-0.05, 0) is 0 Å². The van der Waals surface area contributed by atoms with Gasteiger partial charge in [-0.25, -0.2) is 0 Å². The van der Waals surface area contributed by atoms with Crippen molar-refractivity contribution in [1.29, 1.82) is 0 Å². The molecule has 16 heavy (non-hydrogen) atoms. The standard InChI is InChI=1S/C10H16N4OS/c1-10(2,3)8(15)12-7-4-14(5-7)9-13-11-6-16-9/h6-7H,4-5H2,1-3H3,(H,12,15). The number of amides is 1. The third kappa shape index (κ3) is 2.32. The maximum Gasteiger partial charge on any atom is 0.225 e. The molecule has 0 aromatic carbocycles. The molecule has 0 bridgehead atoms. The van der Waals surface area contributed by atoms with E-state index in [4.69, 9.17) is 0 Å². The summed E-state index contributed by atoms with van der Waals surface area (Å²) < 4.78 is 0. The van der Waals surface area contributed by atoms with Crippen molar-refractivity contribution in [3.05, 3.63) is 5.51 Å². The normalized spacial score (nSPS) is 17.1. The zero-order valence-corrected chi connectivity index (χ0v) is 10.5. The fourth-order valence-electron chi connectivity index (χ4n) is 1.43. The lowest BCUT2D eigenvalue weighted by Gasteiger charge is -2.40. The van der Waals surface area contributed by atoms with Crippen LogP contribution in [0.5, 0.6) is 0 Å². The van der Waals surface area contributed by atoms with E-state index in [1.807, 2.05) is 20.8 Å². The van der Waals surface area contributed by atoms with Crippen molar-refractivity contribution in [3.63, 3.8) is 0 Å². The van der Waals surface area contributed by atoms with E-state index in [2.05, 4.69) is 20.4 Å². The molecule has 0 radical (unpaired) electrons. The lowest BCUT2D eigenvalue weighted by atomic mass is 9.94. The summed E-state index contributed by atoms with van der Waals surface area (Å²) in [5, 5.41) is 11.7. The largest absolute Gasteiger partial charge is 0.349 e. The summed E-state index contributed by atoms with van der Waals surface area (Å²) >= 11 is 1.52. The van der Waals surface area contributed by atoms with Crippen LogP contribution in [0.15, 0.2) is 5.51 Å². The van der Waals surface area contributed by atoms with Crippen molar-refractivity contribution >= 4 is 22.4 Å². The van der Waals surface area contributed by atoms with E-state index in [-0.39, 0.29) is 17.4 Å². The maximum atomic E-state index is 11.7. The second-order valence-electron chi connectivity index (χ2n) is 5.05. The Bertz CT molecular complexity index is 365. The van der Waals surface area contributed by atoms with E-state index < -0.39 is 0 Å². The number of rotatable bonds is 2. The molecular weight excluding hydrogens is 224 g/mol. The zero-order valence-electron chi connectivity index (χ0n) is 9.73. The van der Waals surface area contributed by atoms with Crippen LogP contribution in [0.1, 0.15) is 20.8 Å². The van der Waals surface area contributed by atoms with Crippen molar-refractivity contribution < 1.29 is 4.79 Å². The SMILES string of the molecule is CC(C)(C)C(=O)NC1CN(c2nncs2)C1. The maximum absolute atomic E-state index is 11.7. The topological polar surface area (TPSA) is 58.1 Å². The number of carbonyl (C=O) groups is 1. The molecule has 0 aliphatic carbocycles. The molecule has 6 heteroatoms. The number of hydrogen-bond acceptors (Lipinski definition) is 5. The van der Waals surface area contributed by atoms with Crippen LogP contribution >= 0.6 is 11.3 Å². The van der Waals surface area contributed by atoms with Crippen LogP contribution in [0, 0.1) is 5.41 Å². The molecule has 1 amide bonds. The molecule has 1 aromatic rings. The zero-order chi connectivity index (χ0) is 11.8. The Labute approximate surface area is 98.9 Å². The van der Waals surface area contributed by atoms with Crippen LogP contribution in [-0.2, 0) is 4.79 Å². The molecule has 1 aliphatic rings. The summed E-state index contributed by atoms with van der Waals surface area (Å²) in [4.78, 5) is 13.8. The van der Waals surface area contributed by atoms with Gasteiger partial charge in [0.1, 0.15) is 5.51 Å². The Morgan fingerprint density at radius 1 is 1.56 bits per heavy atom. The van der Waals surface area contributed by atoms with E-state index in [0.29, 0.717) is 0 Å². The highest BCUT2D eigenvalue weighted by Crippen LogP contribution is 2.22. The highest BCUT2D eigenvalue weighted by molar-refractivity contribution is 7.13. The Morgan fingerprint density at radius 3 is 2.75 bits per heavy atom. The van der Waals surface area contributed by atoms with Gasteiger partial charge in [0, 0.05) is 18.5 Å². The molecular formula is C10H16N4OS. The molecule has 2 heterocycles. The van der Waals surface area contributed by atoms with Crippen molar-refractivity contribution in [2.24, 2.45) is 5.41 Å². The van der Waals surface area contributed by atoms with E-state index in [9.17, 15) is 4.79 Å². The molecule has 0 unspecified atom stereocenters. The average molecular weight is 240 g/mol. The Balaban J connectivity index is 1.79. The van der Waals surface area contributed by atoms with Crippen molar-refractivity contribution in [3.8, 4) is 0 Å². The lowest BCUT2D eigenvalue weighted by molar-refractivity contribution is -0.129. The lowest BCUT2D eigenvalue weighted by Crippen LogP contribution is -2.60. The van der Waals surface area contributed by atoms with Gasteiger partial charge in [-0.2, -0.15) is 0 Å². The van der Waals surface area contributed by atoms with Crippen LogP contribution in [0.4, 0.5) is 5.13 Å². The number of nitrogens with zero attached hydrogens (tertiary/aromatic N) is 3. The number of nitrogens with one attached hydrogen (secondary N) is 1. The van der Waals surface area contributed by atoms with Gasteiger partial charge in [-0.15, -0.1) is 10.2 Å². The second kappa shape index (κ2) is 4.01. The fraction of sp³-hybridized carbons (Fsp3) is 0.700. The molecule has 1 fully saturated rings. The molecule has 0 saturated carbocycles. The van der Waals surface area contributed by atoms with Crippen LogP contribution in [0.2, 0.25) is 0 Å². The molecule has 1 N–H and O–H groups in total. The van der Waals surface area contributed by atoms with Gasteiger partial charge >= 0.3 is 0 Å². The van der Waals surface area contributed by atoms with Crippen molar-refractivity contribution in [2.45, 2.75) is 26.8 Å².